The van der Waals surface area contributed by atoms with Crippen molar-refractivity contribution < 1.29 is 0 Å². The first-order valence-electron chi connectivity index (χ1n) is 7.79. The fourth-order valence-electron chi connectivity index (χ4n) is 2.88. The molecule has 0 bridgehead atoms. The number of nitrogens with zero attached hydrogens (tertiary/aromatic N) is 1. The van der Waals surface area contributed by atoms with E-state index in [9.17, 15) is 0 Å². The summed E-state index contributed by atoms with van der Waals surface area (Å²) in [7, 11) is 0. The van der Waals surface area contributed by atoms with Crippen LogP contribution in [0, 0.1) is 0 Å². The number of nitrogens with one attached hydrogen (secondary N) is 1. The van der Waals surface area contributed by atoms with Crippen molar-refractivity contribution in [3.05, 3.63) is 12.3 Å². The molecule has 1 rings (SSSR count). The van der Waals surface area contributed by atoms with Gasteiger partial charge in [-0.25, -0.2) is 0 Å². The fraction of sp³-hybridized carbons (Fsp3) is 0.800. The summed E-state index contributed by atoms with van der Waals surface area (Å²) in [5, 5.41) is 7.59. The van der Waals surface area contributed by atoms with Crippen molar-refractivity contribution >= 4 is 22.1 Å². The van der Waals surface area contributed by atoms with Gasteiger partial charge in [-0.3, -0.25) is 0 Å². The molecule has 3 heteroatoms. The van der Waals surface area contributed by atoms with Crippen LogP contribution >= 0.6 is 0 Å². The van der Waals surface area contributed by atoms with Gasteiger partial charge in [0.15, 0.2) is 0 Å². The molecule has 0 aliphatic carbocycles. The van der Waals surface area contributed by atoms with Gasteiger partial charge < -0.3 is 0 Å². The first-order chi connectivity index (χ1) is 8.79. The number of aromatic nitrogens is 2. The van der Waals surface area contributed by atoms with E-state index in [1.807, 2.05) is 6.20 Å². The zero-order valence-electron chi connectivity index (χ0n) is 12.5. The minimum atomic E-state index is -2.15. The van der Waals surface area contributed by atoms with Crippen LogP contribution in [-0.2, 0) is 0 Å². The molecular formula is C15H30N2Sn. The van der Waals surface area contributed by atoms with Crippen LogP contribution in [-0.4, -0.2) is 28.6 Å². The molecule has 18 heavy (non-hydrogen) atoms. The molecular weight excluding hydrogens is 327 g/mol. The molecule has 0 radical (unpaired) electrons. The average molecular weight is 357 g/mol. The number of rotatable bonds is 10. The second-order valence-corrected chi connectivity index (χ2v) is 18.7. The Morgan fingerprint density at radius 2 is 1.44 bits per heavy atom. The van der Waals surface area contributed by atoms with Gasteiger partial charge in [0.2, 0.25) is 0 Å². The van der Waals surface area contributed by atoms with Crippen LogP contribution < -0.4 is 3.71 Å². The Hall–Kier alpha value is 0.00870. The molecule has 0 aliphatic heterocycles. The molecule has 0 spiro atoms. The average Bonchev–Trinajstić information content (AvgIpc) is 2.93. The maximum absolute atomic E-state index is 4.24. The van der Waals surface area contributed by atoms with Gasteiger partial charge in [-0.2, -0.15) is 0 Å². The number of hydrogen-bond donors (Lipinski definition) is 1. The van der Waals surface area contributed by atoms with Gasteiger partial charge in [-0.05, 0) is 0 Å². The topological polar surface area (TPSA) is 28.7 Å². The molecule has 1 aromatic heterocycles. The van der Waals surface area contributed by atoms with E-state index in [0.717, 1.165) is 0 Å². The predicted octanol–water partition coefficient (Wildman–Crippen LogP) is 4.47. The van der Waals surface area contributed by atoms with Crippen molar-refractivity contribution in [2.45, 2.75) is 72.6 Å². The van der Waals surface area contributed by atoms with Crippen LogP contribution in [0.25, 0.3) is 0 Å². The van der Waals surface area contributed by atoms with Gasteiger partial charge in [0, 0.05) is 0 Å². The van der Waals surface area contributed by atoms with E-state index >= 15 is 0 Å². The summed E-state index contributed by atoms with van der Waals surface area (Å²) in [6, 6.07) is 2.29. The van der Waals surface area contributed by atoms with Gasteiger partial charge in [0.05, 0.1) is 0 Å². The second kappa shape index (κ2) is 9.00. The summed E-state index contributed by atoms with van der Waals surface area (Å²) in [5.74, 6) is 0. The molecule has 0 saturated heterocycles. The zero-order chi connectivity index (χ0) is 13.3. The van der Waals surface area contributed by atoms with Crippen LogP contribution in [0.2, 0.25) is 13.3 Å². The number of H-pyrrole nitrogens is 1. The number of hydrogen-bond acceptors (Lipinski definition) is 1. The predicted molar refractivity (Wildman–Crippen MR) is 83.1 cm³/mol. The third-order valence-electron chi connectivity index (χ3n) is 4.10. The summed E-state index contributed by atoms with van der Waals surface area (Å²) in [6.07, 6.45) is 10.2. The molecule has 0 amide bonds. The van der Waals surface area contributed by atoms with Crippen LogP contribution in [0.15, 0.2) is 12.3 Å². The SMILES string of the molecule is CCC[CH2][Sn]([CH2]CCC)([CH2]CCC)[c]1ccn[nH]1. The normalized spacial score (nSPS) is 11.9. The van der Waals surface area contributed by atoms with Crippen molar-refractivity contribution in [1.29, 1.82) is 0 Å². The number of aromatic amines is 1. The van der Waals surface area contributed by atoms with E-state index < -0.39 is 18.4 Å². The molecule has 0 aromatic carbocycles. The fourth-order valence-corrected chi connectivity index (χ4v) is 18.2. The quantitative estimate of drug-likeness (QED) is 0.615. The molecule has 104 valence electrons. The maximum atomic E-state index is 4.24. The molecule has 2 nitrogen and oxygen atoms in total. The summed E-state index contributed by atoms with van der Waals surface area (Å²) in [5.41, 5.74) is 0. The van der Waals surface area contributed by atoms with E-state index in [4.69, 9.17) is 0 Å². The third-order valence-corrected chi connectivity index (χ3v) is 19.4. The van der Waals surface area contributed by atoms with Gasteiger partial charge in [0.25, 0.3) is 0 Å². The van der Waals surface area contributed by atoms with Crippen LogP contribution in [0.4, 0.5) is 0 Å². The molecule has 1 N–H and O–H groups in total. The zero-order valence-corrected chi connectivity index (χ0v) is 15.3. The first-order valence-corrected chi connectivity index (χ1v) is 15.3. The molecule has 0 aliphatic rings. The van der Waals surface area contributed by atoms with E-state index in [1.54, 1.807) is 3.71 Å². The second-order valence-electron chi connectivity index (χ2n) is 5.56. The van der Waals surface area contributed by atoms with Crippen molar-refractivity contribution in [1.82, 2.24) is 10.2 Å². The molecule has 1 heterocycles. The van der Waals surface area contributed by atoms with Crippen LogP contribution in [0.3, 0.4) is 0 Å². The number of unbranched alkanes of at least 4 members (excludes halogenated alkanes) is 3. The van der Waals surface area contributed by atoms with Gasteiger partial charge >= 0.3 is 117 Å². The summed E-state index contributed by atoms with van der Waals surface area (Å²) in [4.78, 5) is 0. The van der Waals surface area contributed by atoms with E-state index in [1.165, 1.54) is 51.8 Å². The monoisotopic (exact) mass is 358 g/mol. The standard InChI is InChI=1S/3C4H9.C3H3N2.Sn/c3*1-3-4-2;1-2-4-5-3-1;/h3*1,3-4H2,2H3;1-2H,(H,4,5);. The first kappa shape index (κ1) is 16.1. The molecule has 1 aromatic rings. The van der Waals surface area contributed by atoms with E-state index in [0.29, 0.717) is 0 Å². The van der Waals surface area contributed by atoms with Crippen molar-refractivity contribution in [2.75, 3.05) is 0 Å². The van der Waals surface area contributed by atoms with Gasteiger partial charge in [-0.1, -0.05) is 0 Å². The Morgan fingerprint density at radius 3 is 1.78 bits per heavy atom. The summed E-state index contributed by atoms with van der Waals surface area (Å²) < 4.78 is 6.15. The van der Waals surface area contributed by atoms with Crippen molar-refractivity contribution in [3.8, 4) is 0 Å². The van der Waals surface area contributed by atoms with E-state index in [-0.39, 0.29) is 0 Å². The Labute approximate surface area is 117 Å². The van der Waals surface area contributed by atoms with Crippen LogP contribution in [0.1, 0.15) is 59.3 Å². The Kier molecular flexibility index (Phi) is 8.03. The third kappa shape index (κ3) is 4.60. The molecule has 0 fully saturated rings. The molecule has 0 unspecified atom stereocenters. The minimum absolute atomic E-state index is 1.34. The van der Waals surface area contributed by atoms with Gasteiger partial charge in [0.1, 0.15) is 0 Å². The van der Waals surface area contributed by atoms with Crippen molar-refractivity contribution in [2.24, 2.45) is 0 Å². The summed E-state index contributed by atoms with van der Waals surface area (Å²) in [6.45, 7) is 6.97. The van der Waals surface area contributed by atoms with Gasteiger partial charge in [-0.15, -0.1) is 0 Å². The Balaban J connectivity index is 2.84. The van der Waals surface area contributed by atoms with Crippen molar-refractivity contribution in [3.63, 3.8) is 0 Å². The van der Waals surface area contributed by atoms with Crippen LogP contribution in [0.5, 0.6) is 0 Å². The van der Waals surface area contributed by atoms with E-state index in [2.05, 4.69) is 37.0 Å². The molecule has 0 atom stereocenters. The summed E-state index contributed by atoms with van der Waals surface area (Å²) >= 11 is -2.15. The Bertz CT molecular complexity index is 274. The molecule has 0 saturated carbocycles. The Morgan fingerprint density at radius 1 is 0.944 bits per heavy atom.